The number of hydrogen-bond acceptors (Lipinski definition) is 1. The Labute approximate surface area is 120 Å². The number of rotatable bonds is 3. The third kappa shape index (κ3) is 2.93. The number of aryl methyl sites for hydroxylation is 3. The maximum Gasteiger partial charge on any atom is 0.122 e. The summed E-state index contributed by atoms with van der Waals surface area (Å²) in [6.07, 6.45) is 0. The Morgan fingerprint density at radius 3 is 2.32 bits per heavy atom. The summed E-state index contributed by atoms with van der Waals surface area (Å²) in [5.74, 6) is 0.883. The number of hydrogen-bond donors (Lipinski definition) is 0. The van der Waals surface area contributed by atoms with Gasteiger partial charge in [-0.3, -0.25) is 0 Å². The van der Waals surface area contributed by atoms with Gasteiger partial charge in [0.25, 0.3) is 0 Å². The molecule has 2 rings (SSSR count). The van der Waals surface area contributed by atoms with E-state index in [9.17, 15) is 0 Å². The lowest BCUT2D eigenvalue weighted by molar-refractivity contribution is 0.411. The van der Waals surface area contributed by atoms with Gasteiger partial charge in [-0.2, -0.15) is 0 Å². The van der Waals surface area contributed by atoms with Gasteiger partial charge < -0.3 is 4.74 Å². The van der Waals surface area contributed by atoms with Crippen LogP contribution in [-0.4, -0.2) is 7.11 Å². The largest absolute Gasteiger partial charge is 0.496 e. The van der Waals surface area contributed by atoms with E-state index in [4.69, 9.17) is 16.3 Å². The fourth-order valence-corrected chi connectivity index (χ4v) is 2.58. The minimum Gasteiger partial charge on any atom is -0.496 e. The number of halogens is 1. The average Bonchev–Trinajstić information content (AvgIpc) is 2.41. The van der Waals surface area contributed by atoms with Gasteiger partial charge in [-0.1, -0.05) is 35.9 Å². The first kappa shape index (κ1) is 14.0. The molecular weight excluding hydrogens is 256 g/mol. The molecule has 0 aromatic heterocycles. The molecule has 0 aliphatic rings. The van der Waals surface area contributed by atoms with E-state index in [0.717, 1.165) is 22.4 Å². The number of ether oxygens (including phenoxy) is 1. The first-order valence-corrected chi connectivity index (χ1v) is 6.82. The van der Waals surface area contributed by atoms with Crippen molar-refractivity contribution >= 4 is 11.6 Å². The molecule has 0 spiro atoms. The van der Waals surface area contributed by atoms with Crippen molar-refractivity contribution in [2.75, 3.05) is 7.11 Å². The zero-order chi connectivity index (χ0) is 14.0. The number of benzene rings is 2. The monoisotopic (exact) mass is 274 g/mol. The van der Waals surface area contributed by atoms with Gasteiger partial charge in [-0.15, -0.1) is 11.6 Å². The standard InChI is InChI=1S/C17H19ClO/c1-11-5-6-12(2)15(9-11)17(18)14-8-7-13(3)16(10-14)19-4/h5-10,17H,1-4H3. The minimum absolute atomic E-state index is 0.144. The van der Waals surface area contributed by atoms with E-state index in [-0.39, 0.29) is 5.38 Å². The second-order valence-corrected chi connectivity index (χ2v) is 5.39. The Hall–Kier alpha value is -1.47. The van der Waals surface area contributed by atoms with Crippen LogP contribution in [0.15, 0.2) is 36.4 Å². The van der Waals surface area contributed by atoms with Crippen molar-refractivity contribution in [1.82, 2.24) is 0 Å². The van der Waals surface area contributed by atoms with E-state index >= 15 is 0 Å². The van der Waals surface area contributed by atoms with E-state index in [0.29, 0.717) is 0 Å². The van der Waals surface area contributed by atoms with Crippen molar-refractivity contribution in [3.63, 3.8) is 0 Å². The SMILES string of the molecule is COc1cc(C(Cl)c2cc(C)ccc2C)ccc1C. The fourth-order valence-electron chi connectivity index (χ4n) is 2.21. The summed E-state index contributed by atoms with van der Waals surface area (Å²) in [5, 5.41) is -0.144. The molecule has 2 aromatic rings. The van der Waals surface area contributed by atoms with E-state index in [2.05, 4.69) is 44.2 Å². The van der Waals surface area contributed by atoms with Gasteiger partial charge >= 0.3 is 0 Å². The molecule has 2 aromatic carbocycles. The molecule has 0 aliphatic carbocycles. The van der Waals surface area contributed by atoms with Crippen LogP contribution in [0.2, 0.25) is 0 Å². The lowest BCUT2D eigenvalue weighted by Gasteiger charge is -2.16. The minimum atomic E-state index is -0.144. The normalized spacial score (nSPS) is 12.3. The molecule has 1 nitrogen and oxygen atoms in total. The van der Waals surface area contributed by atoms with Gasteiger partial charge in [0.2, 0.25) is 0 Å². The van der Waals surface area contributed by atoms with Gasteiger partial charge in [0.05, 0.1) is 12.5 Å². The van der Waals surface area contributed by atoms with E-state index in [1.54, 1.807) is 7.11 Å². The molecule has 0 heterocycles. The van der Waals surface area contributed by atoms with Gasteiger partial charge in [0.1, 0.15) is 5.75 Å². The van der Waals surface area contributed by atoms with Gasteiger partial charge in [0, 0.05) is 0 Å². The molecule has 0 bridgehead atoms. The van der Waals surface area contributed by atoms with Crippen LogP contribution in [0.3, 0.4) is 0 Å². The molecule has 0 amide bonds. The molecule has 19 heavy (non-hydrogen) atoms. The Morgan fingerprint density at radius 1 is 0.947 bits per heavy atom. The van der Waals surface area contributed by atoms with Crippen LogP contribution in [-0.2, 0) is 0 Å². The van der Waals surface area contributed by atoms with Crippen molar-refractivity contribution < 1.29 is 4.74 Å². The Balaban J connectivity index is 2.43. The maximum atomic E-state index is 6.63. The van der Waals surface area contributed by atoms with Gasteiger partial charge in [-0.25, -0.2) is 0 Å². The maximum absolute atomic E-state index is 6.63. The first-order valence-electron chi connectivity index (χ1n) is 6.38. The highest BCUT2D eigenvalue weighted by atomic mass is 35.5. The molecule has 0 aliphatic heterocycles. The third-order valence-corrected chi connectivity index (χ3v) is 3.92. The molecule has 100 valence electrons. The first-order chi connectivity index (χ1) is 9.02. The highest BCUT2D eigenvalue weighted by molar-refractivity contribution is 6.22. The summed E-state index contributed by atoms with van der Waals surface area (Å²) in [6, 6.07) is 12.5. The Bertz CT molecular complexity index is 590. The summed E-state index contributed by atoms with van der Waals surface area (Å²) in [5.41, 5.74) is 5.79. The van der Waals surface area contributed by atoms with Crippen LogP contribution >= 0.6 is 11.6 Å². The molecule has 2 heteroatoms. The molecule has 0 N–H and O–H groups in total. The Morgan fingerprint density at radius 2 is 1.63 bits per heavy atom. The quantitative estimate of drug-likeness (QED) is 0.720. The van der Waals surface area contributed by atoms with E-state index in [1.807, 2.05) is 13.0 Å². The topological polar surface area (TPSA) is 9.23 Å². The molecule has 0 radical (unpaired) electrons. The van der Waals surface area contributed by atoms with Crippen LogP contribution in [0.25, 0.3) is 0 Å². The van der Waals surface area contributed by atoms with Crippen LogP contribution in [0.4, 0.5) is 0 Å². The molecule has 0 saturated heterocycles. The second kappa shape index (κ2) is 5.66. The molecular formula is C17H19ClO. The van der Waals surface area contributed by atoms with Crippen LogP contribution in [0, 0.1) is 20.8 Å². The highest BCUT2D eigenvalue weighted by Crippen LogP contribution is 2.34. The van der Waals surface area contributed by atoms with Crippen molar-refractivity contribution in [2.24, 2.45) is 0 Å². The zero-order valence-corrected chi connectivity index (χ0v) is 12.6. The Kier molecular flexibility index (Phi) is 4.16. The summed E-state index contributed by atoms with van der Waals surface area (Å²) < 4.78 is 5.37. The predicted octanol–water partition coefficient (Wildman–Crippen LogP) is 4.95. The smallest absolute Gasteiger partial charge is 0.122 e. The summed E-state index contributed by atoms with van der Waals surface area (Å²) in [7, 11) is 1.69. The zero-order valence-electron chi connectivity index (χ0n) is 11.8. The highest BCUT2D eigenvalue weighted by Gasteiger charge is 2.14. The summed E-state index contributed by atoms with van der Waals surface area (Å²) in [6.45, 7) is 6.21. The lowest BCUT2D eigenvalue weighted by atomic mass is 9.97. The van der Waals surface area contributed by atoms with Crippen molar-refractivity contribution in [3.8, 4) is 5.75 Å². The van der Waals surface area contributed by atoms with Crippen LogP contribution in [0.5, 0.6) is 5.75 Å². The average molecular weight is 275 g/mol. The summed E-state index contributed by atoms with van der Waals surface area (Å²) in [4.78, 5) is 0. The van der Waals surface area contributed by atoms with E-state index < -0.39 is 0 Å². The number of methoxy groups -OCH3 is 1. The van der Waals surface area contributed by atoms with Crippen LogP contribution < -0.4 is 4.74 Å². The van der Waals surface area contributed by atoms with Gasteiger partial charge in [0.15, 0.2) is 0 Å². The van der Waals surface area contributed by atoms with E-state index in [1.165, 1.54) is 11.1 Å². The van der Waals surface area contributed by atoms with Crippen molar-refractivity contribution in [3.05, 3.63) is 64.2 Å². The van der Waals surface area contributed by atoms with Crippen LogP contribution in [0.1, 0.15) is 33.2 Å². The van der Waals surface area contributed by atoms with Crippen molar-refractivity contribution in [2.45, 2.75) is 26.1 Å². The predicted molar refractivity (Wildman–Crippen MR) is 81.3 cm³/mol. The van der Waals surface area contributed by atoms with Gasteiger partial charge in [-0.05, 0) is 49.1 Å². The summed E-state index contributed by atoms with van der Waals surface area (Å²) >= 11 is 6.63. The third-order valence-electron chi connectivity index (χ3n) is 3.43. The lowest BCUT2D eigenvalue weighted by Crippen LogP contribution is -1.98. The fraction of sp³-hybridized carbons (Fsp3) is 0.294. The molecule has 0 saturated carbocycles. The van der Waals surface area contributed by atoms with Crippen molar-refractivity contribution in [1.29, 1.82) is 0 Å². The second-order valence-electron chi connectivity index (χ2n) is 4.95. The molecule has 1 atom stereocenters. The molecule has 0 fully saturated rings. The molecule has 1 unspecified atom stereocenters. The number of alkyl halides is 1.